The Morgan fingerprint density at radius 2 is 1.81 bits per heavy atom. The van der Waals surface area contributed by atoms with E-state index in [9.17, 15) is 4.79 Å². The van der Waals surface area contributed by atoms with Gasteiger partial charge in [-0.25, -0.2) is 4.98 Å². The van der Waals surface area contributed by atoms with Crippen molar-refractivity contribution in [3.05, 3.63) is 75.7 Å². The van der Waals surface area contributed by atoms with Gasteiger partial charge in [0, 0.05) is 71.8 Å². The molecule has 1 N–H and O–H groups in total. The van der Waals surface area contributed by atoms with Crippen LogP contribution in [0.3, 0.4) is 0 Å². The van der Waals surface area contributed by atoms with Gasteiger partial charge in [-0.05, 0) is 56.4 Å². The van der Waals surface area contributed by atoms with Crippen LogP contribution in [-0.4, -0.2) is 52.7 Å². The Balaban J connectivity index is 1.44. The lowest BCUT2D eigenvalue weighted by Crippen LogP contribution is -2.44. The third-order valence-corrected chi connectivity index (χ3v) is 6.84. The Kier molecular flexibility index (Phi) is 6.59. The maximum Gasteiger partial charge on any atom is 0.260 e. The highest BCUT2D eigenvalue weighted by Crippen LogP contribution is 2.29. The van der Waals surface area contributed by atoms with Gasteiger partial charge < -0.3 is 15.1 Å². The van der Waals surface area contributed by atoms with Crippen molar-refractivity contribution < 1.29 is 0 Å². The lowest BCUT2D eigenvalue weighted by Gasteiger charge is -2.34. The number of aryl methyl sites for hydroxylation is 1. The van der Waals surface area contributed by atoms with E-state index in [1.165, 1.54) is 5.69 Å². The average molecular weight is 500 g/mol. The Hall–Kier alpha value is -3.93. The van der Waals surface area contributed by atoms with Gasteiger partial charge in [-0.1, -0.05) is 17.7 Å². The van der Waals surface area contributed by atoms with Gasteiger partial charge in [-0.3, -0.25) is 9.36 Å². The summed E-state index contributed by atoms with van der Waals surface area (Å²) in [5.41, 5.74) is 3.88. The molecule has 182 valence electrons. The van der Waals surface area contributed by atoms with Crippen LogP contribution in [0.5, 0.6) is 0 Å². The predicted octanol–water partition coefficient (Wildman–Crippen LogP) is 4.50. The van der Waals surface area contributed by atoms with Crippen LogP contribution < -0.4 is 15.8 Å². The fourth-order valence-electron chi connectivity index (χ4n) is 4.46. The zero-order valence-corrected chi connectivity index (χ0v) is 21.0. The highest BCUT2D eigenvalue weighted by Gasteiger charge is 2.16. The summed E-state index contributed by atoms with van der Waals surface area (Å²) in [6, 6.07) is 17.0. The normalized spacial score (nSPS) is 14.1. The summed E-state index contributed by atoms with van der Waals surface area (Å²) in [5.74, 6) is 0.417. The fraction of sp³-hybridized carbons (Fsp3) is 0.259. The number of anilines is 3. The van der Waals surface area contributed by atoms with Gasteiger partial charge in [0.15, 0.2) is 0 Å². The molecule has 2 aromatic heterocycles. The molecule has 0 aliphatic carbocycles. The van der Waals surface area contributed by atoms with Crippen molar-refractivity contribution in [1.82, 2.24) is 19.4 Å². The van der Waals surface area contributed by atoms with E-state index in [4.69, 9.17) is 16.9 Å². The van der Waals surface area contributed by atoms with Gasteiger partial charge in [0.05, 0.1) is 11.6 Å². The van der Waals surface area contributed by atoms with Crippen molar-refractivity contribution in [2.75, 3.05) is 43.4 Å². The van der Waals surface area contributed by atoms with Crippen LogP contribution in [-0.2, 0) is 6.54 Å². The number of piperazine rings is 1. The highest BCUT2D eigenvalue weighted by atomic mass is 35.5. The average Bonchev–Trinajstić information content (AvgIpc) is 2.89. The van der Waals surface area contributed by atoms with Crippen LogP contribution in [0, 0.1) is 11.3 Å². The monoisotopic (exact) mass is 499 g/mol. The van der Waals surface area contributed by atoms with Gasteiger partial charge in [0.1, 0.15) is 5.65 Å². The van der Waals surface area contributed by atoms with Crippen LogP contribution >= 0.6 is 11.6 Å². The van der Waals surface area contributed by atoms with Crippen LogP contribution in [0.1, 0.15) is 12.5 Å². The van der Waals surface area contributed by atoms with Crippen LogP contribution in [0.2, 0.25) is 5.02 Å². The smallest absolute Gasteiger partial charge is 0.260 e. The summed E-state index contributed by atoms with van der Waals surface area (Å²) < 4.78 is 1.61. The lowest BCUT2D eigenvalue weighted by molar-refractivity contribution is 0.313. The van der Waals surface area contributed by atoms with Crippen molar-refractivity contribution in [1.29, 1.82) is 5.26 Å². The van der Waals surface area contributed by atoms with Gasteiger partial charge in [-0.2, -0.15) is 10.2 Å². The zero-order chi connectivity index (χ0) is 25.2. The number of fused-ring (bicyclic) bond motifs is 1. The molecule has 0 bridgehead atoms. The molecule has 2 aromatic carbocycles. The zero-order valence-electron chi connectivity index (χ0n) is 20.2. The molecule has 0 spiro atoms. The minimum absolute atomic E-state index is 0.196. The molecule has 0 saturated carbocycles. The second-order valence-electron chi connectivity index (χ2n) is 8.85. The molecule has 3 heterocycles. The molecular formula is C27H26ClN7O. The number of benzene rings is 2. The molecule has 1 fully saturated rings. The van der Waals surface area contributed by atoms with Crippen molar-refractivity contribution in [2.45, 2.75) is 13.5 Å². The number of nitriles is 1. The van der Waals surface area contributed by atoms with Crippen molar-refractivity contribution >= 4 is 40.0 Å². The Labute approximate surface area is 214 Å². The molecule has 5 rings (SSSR count). The van der Waals surface area contributed by atoms with E-state index in [0.717, 1.165) is 37.3 Å². The number of nitrogens with one attached hydrogen (secondary N) is 1. The molecule has 8 nitrogen and oxygen atoms in total. The summed E-state index contributed by atoms with van der Waals surface area (Å²) in [7, 11) is 2.15. The molecule has 0 atom stereocenters. The van der Waals surface area contributed by atoms with Gasteiger partial charge in [-0.15, -0.1) is 0 Å². The molecule has 1 saturated heterocycles. The van der Waals surface area contributed by atoms with E-state index >= 15 is 0 Å². The summed E-state index contributed by atoms with van der Waals surface area (Å²) in [6.07, 6.45) is 1.70. The van der Waals surface area contributed by atoms with E-state index in [0.29, 0.717) is 39.9 Å². The Morgan fingerprint density at radius 3 is 2.47 bits per heavy atom. The number of pyridine rings is 1. The van der Waals surface area contributed by atoms with Crippen molar-refractivity contribution in [3.63, 3.8) is 0 Å². The minimum atomic E-state index is -0.196. The molecule has 36 heavy (non-hydrogen) atoms. The quantitative estimate of drug-likeness (QED) is 0.432. The van der Waals surface area contributed by atoms with Gasteiger partial charge >= 0.3 is 0 Å². The first-order valence-corrected chi connectivity index (χ1v) is 12.3. The number of rotatable bonds is 5. The van der Waals surface area contributed by atoms with E-state index in [-0.39, 0.29) is 5.56 Å². The number of likely N-dealkylation sites (N-methyl/N-ethyl adjacent to an activating group) is 1. The third kappa shape index (κ3) is 4.63. The summed E-state index contributed by atoms with van der Waals surface area (Å²) in [5, 5.41) is 13.4. The van der Waals surface area contributed by atoms with E-state index in [2.05, 4.69) is 50.3 Å². The molecule has 1 aliphatic heterocycles. The van der Waals surface area contributed by atoms with Gasteiger partial charge in [0.2, 0.25) is 5.95 Å². The minimum Gasteiger partial charge on any atom is -0.369 e. The second-order valence-corrected chi connectivity index (χ2v) is 9.26. The van der Waals surface area contributed by atoms with Crippen molar-refractivity contribution in [3.8, 4) is 17.2 Å². The Bertz CT molecular complexity index is 1520. The molecule has 0 amide bonds. The van der Waals surface area contributed by atoms with E-state index < -0.39 is 0 Å². The topological polar surface area (TPSA) is 90.1 Å². The maximum absolute atomic E-state index is 13.3. The SMILES string of the molecule is CCn1c(=O)c(-c2ccc(C#N)cc2Cl)cc2cnc(Nc3ccc(N4CCN(C)CC4)cc3)nc21. The summed E-state index contributed by atoms with van der Waals surface area (Å²) >= 11 is 6.40. The number of hydrogen-bond acceptors (Lipinski definition) is 7. The van der Waals surface area contributed by atoms with Crippen LogP contribution in [0.15, 0.2) is 59.5 Å². The molecule has 0 unspecified atom stereocenters. The number of aromatic nitrogens is 3. The molecule has 4 aromatic rings. The Morgan fingerprint density at radius 1 is 1.06 bits per heavy atom. The molecule has 0 radical (unpaired) electrons. The largest absolute Gasteiger partial charge is 0.369 e. The number of halogens is 1. The first-order chi connectivity index (χ1) is 17.5. The predicted molar refractivity (Wildman–Crippen MR) is 144 cm³/mol. The first-order valence-electron chi connectivity index (χ1n) is 11.9. The van der Waals surface area contributed by atoms with Crippen LogP contribution in [0.25, 0.3) is 22.2 Å². The van der Waals surface area contributed by atoms with Crippen molar-refractivity contribution in [2.24, 2.45) is 0 Å². The van der Waals surface area contributed by atoms with Gasteiger partial charge in [0.25, 0.3) is 5.56 Å². The standard InChI is InChI=1S/C27H26ClN7O/c1-3-35-25-19(15-23(26(35)36)22-9-4-18(16-29)14-24(22)28)17-30-27(32-25)31-20-5-7-21(8-6-20)34-12-10-33(2)11-13-34/h4-9,14-15,17H,3,10-13H2,1-2H3,(H,30,31,32). The highest BCUT2D eigenvalue weighted by molar-refractivity contribution is 6.33. The second kappa shape index (κ2) is 9.97. The van der Waals surface area contributed by atoms with E-state index in [1.807, 2.05) is 19.1 Å². The summed E-state index contributed by atoms with van der Waals surface area (Å²) in [4.78, 5) is 27.2. The molecule has 9 heteroatoms. The lowest BCUT2D eigenvalue weighted by atomic mass is 10.0. The number of nitrogens with zero attached hydrogens (tertiary/aromatic N) is 6. The third-order valence-electron chi connectivity index (χ3n) is 6.52. The van der Waals surface area contributed by atoms with E-state index in [1.54, 1.807) is 35.0 Å². The fourth-order valence-corrected chi connectivity index (χ4v) is 4.74. The molecule has 1 aliphatic rings. The maximum atomic E-state index is 13.3. The molecular weight excluding hydrogens is 474 g/mol. The first kappa shape index (κ1) is 23.8. The van der Waals surface area contributed by atoms with Crippen LogP contribution in [0.4, 0.5) is 17.3 Å². The summed E-state index contributed by atoms with van der Waals surface area (Å²) in [6.45, 7) is 6.49. The number of hydrogen-bond donors (Lipinski definition) is 1.